The van der Waals surface area contributed by atoms with Crippen LogP contribution in [0.15, 0.2) is 53.1 Å². The third-order valence-corrected chi connectivity index (χ3v) is 4.18. The Labute approximate surface area is 161 Å². The SMILES string of the molecule is O=C(Cc1cc(-c2ccc(Cl)cc2)on1)Nc1cc(C(F)(F)F)ccc1Cl. The average molecular weight is 415 g/mol. The van der Waals surface area contributed by atoms with Crippen molar-refractivity contribution in [3.8, 4) is 11.3 Å². The molecule has 0 bridgehead atoms. The third kappa shape index (κ3) is 4.81. The lowest BCUT2D eigenvalue weighted by Crippen LogP contribution is -2.15. The van der Waals surface area contributed by atoms with Crippen LogP contribution >= 0.6 is 23.2 Å². The summed E-state index contributed by atoms with van der Waals surface area (Å²) in [4.78, 5) is 12.1. The Morgan fingerprint density at radius 1 is 1.07 bits per heavy atom. The first-order chi connectivity index (χ1) is 12.7. The quantitative estimate of drug-likeness (QED) is 0.582. The summed E-state index contributed by atoms with van der Waals surface area (Å²) in [5, 5.41) is 6.72. The van der Waals surface area contributed by atoms with Crippen molar-refractivity contribution >= 4 is 34.8 Å². The molecule has 0 fully saturated rings. The minimum absolute atomic E-state index is 0.00152. The van der Waals surface area contributed by atoms with Crippen molar-refractivity contribution in [2.75, 3.05) is 5.32 Å². The normalized spacial score (nSPS) is 11.4. The largest absolute Gasteiger partial charge is 0.416 e. The molecule has 0 saturated carbocycles. The first kappa shape index (κ1) is 19.3. The van der Waals surface area contributed by atoms with Gasteiger partial charge in [0.1, 0.15) is 0 Å². The Hall–Kier alpha value is -2.51. The fraction of sp³-hybridized carbons (Fsp3) is 0.111. The lowest BCUT2D eigenvalue weighted by atomic mass is 10.1. The van der Waals surface area contributed by atoms with Gasteiger partial charge in [-0.15, -0.1) is 0 Å². The average Bonchev–Trinajstić information content (AvgIpc) is 3.04. The number of nitrogens with zero attached hydrogens (tertiary/aromatic N) is 1. The highest BCUT2D eigenvalue weighted by Gasteiger charge is 2.31. The second-order valence-electron chi connectivity index (χ2n) is 5.61. The fourth-order valence-electron chi connectivity index (χ4n) is 2.30. The number of amides is 1. The Balaban J connectivity index is 1.71. The van der Waals surface area contributed by atoms with Crippen molar-refractivity contribution in [2.45, 2.75) is 12.6 Å². The lowest BCUT2D eigenvalue weighted by molar-refractivity contribution is -0.137. The number of alkyl halides is 3. The van der Waals surface area contributed by atoms with E-state index in [1.54, 1.807) is 30.3 Å². The van der Waals surface area contributed by atoms with Gasteiger partial charge in [0.15, 0.2) is 5.76 Å². The topological polar surface area (TPSA) is 55.1 Å². The molecule has 0 unspecified atom stereocenters. The number of anilines is 1. The maximum absolute atomic E-state index is 12.8. The van der Waals surface area contributed by atoms with Gasteiger partial charge in [-0.2, -0.15) is 13.2 Å². The molecule has 1 heterocycles. The van der Waals surface area contributed by atoms with Gasteiger partial charge < -0.3 is 9.84 Å². The zero-order valence-electron chi connectivity index (χ0n) is 13.5. The lowest BCUT2D eigenvalue weighted by Gasteiger charge is -2.11. The predicted octanol–water partition coefficient (Wildman–Crippen LogP) is 5.85. The van der Waals surface area contributed by atoms with E-state index < -0.39 is 17.6 Å². The van der Waals surface area contributed by atoms with Gasteiger partial charge in [-0.3, -0.25) is 4.79 Å². The number of carbonyl (C=O) groups is 1. The molecule has 0 spiro atoms. The second kappa shape index (κ2) is 7.62. The summed E-state index contributed by atoms with van der Waals surface area (Å²) in [5.74, 6) is -0.140. The van der Waals surface area contributed by atoms with E-state index in [4.69, 9.17) is 27.7 Å². The Kier molecular flexibility index (Phi) is 5.43. The number of benzene rings is 2. The highest BCUT2D eigenvalue weighted by atomic mass is 35.5. The standard InChI is InChI=1S/C18H11Cl2F3N2O2/c19-12-4-1-10(2-5-12)16-8-13(25-27-16)9-17(26)24-15-7-11(18(21,22)23)3-6-14(15)20/h1-8H,9H2,(H,24,26). The van der Waals surface area contributed by atoms with E-state index in [-0.39, 0.29) is 17.1 Å². The highest BCUT2D eigenvalue weighted by Crippen LogP contribution is 2.34. The molecular weight excluding hydrogens is 404 g/mol. The van der Waals surface area contributed by atoms with Crippen LogP contribution in [0.1, 0.15) is 11.3 Å². The second-order valence-corrected chi connectivity index (χ2v) is 6.45. The van der Waals surface area contributed by atoms with Crippen LogP contribution in [0.4, 0.5) is 18.9 Å². The van der Waals surface area contributed by atoms with Crippen molar-refractivity contribution < 1.29 is 22.5 Å². The molecule has 2 aromatic carbocycles. The molecule has 1 amide bonds. The van der Waals surface area contributed by atoms with Crippen LogP contribution in [0, 0.1) is 0 Å². The van der Waals surface area contributed by atoms with E-state index in [1.165, 1.54) is 0 Å². The Morgan fingerprint density at radius 3 is 2.44 bits per heavy atom. The Morgan fingerprint density at radius 2 is 1.78 bits per heavy atom. The summed E-state index contributed by atoms with van der Waals surface area (Å²) in [5.41, 5.74) is 0.00611. The molecule has 0 atom stereocenters. The molecule has 1 aromatic heterocycles. The molecule has 0 aliphatic carbocycles. The monoisotopic (exact) mass is 414 g/mol. The predicted molar refractivity (Wildman–Crippen MR) is 95.7 cm³/mol. The van der Waals surface area contributed by atoms with Gasteiger partial charge in [0.2, 0.25) is 5.91 Å². The molecule has 27 heavy (non-hydrogen) atoms. The molecule has 4 nitrogen and oxygen atoms in total. The van der Waals surface area contributed by atoms with Crippen molar-refractivity contribution in [2.24, 2.45) is 0 Å². The minimum Gasteiger partial charge on any atom is -0.356 e. The molecule has 3 rings (SSSR count). The molecule has 0 aliphatic rings. The minimum atomic E-state index is -4.54. The fourth-order valence-corrected chi connectivity index (χ4v) is 2.59. The van der Waals surface area contributed by atoms with Crippen LogP contribution in [0.25, 0.3) is 11.3 Å². The van der Waals surface area contributed by atoms with E-state index in [0.717, 1.165) is 23.8 Å². The summed E-state index contributed by atoms with van der Waals surface area (Å²) in [7, 11) is 0. The van der Waals surface area contributed by atoms with Gasteiger partial charge in [0, 0.05) is 16.7 Å². The van der Waals surface area contributed by atoms with E-state index in [1.807, 2.05) is 0 Å². The smallest absolute Gasteiger partial charge is 0.356 e. The molecule has 0 aliphatic heterocycles. The zero-order chi connectivity index (χ0) is 19.6. The number of carbonyl (C=O) groups excluding carboxylic acids is 1. The Bertz CT molecular complexity index is 969. The highest BCUT2D eigenvalue weighted by molar-refractivity contribution is 6.33. The van der Waals surface area contributed by atoms with Crippen LogP contribution in [0.3, 0.4) is 0 Å². The number of hydrogen-bond donors (Lipinski definition) is 1. The molecule has 140 valence electrons. The maximum Gasteiger partial charge on any atom is 0.416 e. The number of aromatic nitrogens is 1. The third-order valence-electron chi connectivity index (χ3n) is 3.60. The van der Waals surface area contributed by atoms with Gasteiger partial charge in [0.05, 0.1) is 28.4 Å². The van der Waals surface area contributed by atoms with Gasteiger partial charge in [-0.25, -0.2) is 0 Å². The summed E-state index contributed by atoms with van der Waals surface area (Å²) < 4.78 is 43.5. The van der Waals surface area contributed by atoms with E-state index in [9.17, 15) is 18.0 Å². The molecule has 3 aromatic rings. The number of hydrogen-bond acceptors (Lipinski definition) is 3. The van der Waals surface area contributed by atoms with E-state index in [2.05, 4.69) is 10.5 Å². The van der Waals surface area contributed by atoms with E-state index >= 15 is 0 Å². The van der Waals surface area contributed by atoms with Crippen LogP contribution in [-0.4, -0.2) is 11.1 Å². The van der Waals surface area contributed by atoms with Gasteiger partial charge in [-0.05, 0) is 42.5 Å². The van der Waals surface area contributed by atoms with E-state index in [0.29, 0.717) is 16.5 Å². The summed E-state index contributed by atoms with van der Waals surface area (Å²) in [6.45, 7) is 0. The van der Waals surface area contributed by atoms with Gasteiger partial charge in [0.25, 0.3) is 0 Å². The first-order valence-electron chi connectivity index (χ1n) is 7.60. The van der Waals surface area contributed by atoms with Crippen LogP contribution in [0.2, 0.25) is 10.0 Å². The number of nitrogens with one attached hydrogen (secondary N) is 1. The van der Waals surface area contributed by atoms with Gasteiger partial charge >= 0.3 is 6.18 Å². The van der Waals surface area contributed by atoms with Crippen LogP contribution < -0.4 is 5.32 Å². The van der Waals surface area contributed by atoms with Gasteiger partial charge in [-0.1, -0.05) is 28.4 Å². The maximum atomic E-state index is 12.8. The van der Waals surface area contributed by atoms with Crippen molar-refractivity contribution in [3.05, 3.63) is 69.8 Å². The summed E-state index contributed by atoms with van der Waals surface area (Å²) in [6.07, 6.45) is -4.73. The van der Waals surface area contributed by atoms with Crippen LogP contribution in [0.5, 0.6) is 0 Å². The summed E-state index contributed by atoms with van der Waals surface area (Å²) >= 11 is 11.7. The molecular formula is C18H11Cl2F3N2O2. The van der Waals surface area contributed by atoms with Crippen molar-refractivity contribution in [3.63, 3.8) is 0 Å². The molecule has 1 N–H and O–H groups in total. The molecule has 0 saturated heterocycles. The van der Waals surface area contributed by atoms with Crippen LogP contribution in [-0.2, 0) is 17.4 Å². The molecule has 9 heteroatoms. The zero-order valence-corrected chi connectivity index (χ0v) is 15.0. The summed E-state index contributed by atoms with van der Waals surface area (Å²) in [6, 6.07) is 11.1. The van der Waals surface area contributed by atoms with Crippen molar-refractivity contribution in [1.82, 2.24) is 5.16 Å². The number of halogens is 5. The van der Waals surface area contributed by atoms with Crippen molar-refractivity contribution in [1.29, 1.82) is 0 Å². The molecule has 0 radical (unpaired) electrons. The number of rotatable bonds is 4. The first-order valence-corrected chi connectivity index (χ1v) is 8.36.